The van der Waals surface area contributed by atoms with E-state index in [-0.39, 0.29) is 11.6 Å². The second-order valence-corrected chi connectivity index (χ2v) is 5.81. The average molecular weight is 309 g/mol. The highest BCUT2D eigenvalue weighted by molar-refractivity contribution is 5.94. The first-order valence-corrected chi connectivity index (χ1v) is 7.46. The van der Waals surface area contributed by atoms with Crippen LogP contribution in [0.2, 0.25) is 0 Å². The molecule has 2 aromatic carbocycles. The van der Waals surface area contributed by atoms with Gasteiger partial charge in [0.15, 0.2) is 0 Å². The summed E-state index contributed by atoms with van der Waals surface area (Å²) in [6.07, 6.45) is 0.325. The summed E-state index contributed by atoms with van der Waals surface area (Å²) >= 11 is 0. The van der Waals surface area contributed by atoms with Crippen molar-refractivity contribution in [3.05, 3.63) is 64.1 Å². The van der Waals surface area contributed by atoms with Crippen LogP contribution < -0.4 is 11.0 Å². The van der Waals surface area contributed by atoms with Gasteiger partial charge in [-0.2, -0.15) is 0 Å². The van der Waals surface area contributed by atoms with E-state index in [1.807, 2.05) is 49.4 Å². The van der Waals surface area contributed by atoms with Crippen LogP contribution in [0, 0.1) is 6.92 Å². The summed E-state index contributed by atoms with van der Waals surface area (Å²) < 4.78 is 3.16. The molecule has 0 fully saturated rings. The number of rotatable bonds is 3. The van der Waals surface area contributed by atoms with E-state index >= 15 is 0 Å². The molecule has 0 spiro atoms. The summed E-state index contributed by atoms with van der Waals surface area (Å²) in [4.78, 5) is 24.1. The molecule has 0 aliphatic heterocycles. The molecule has 0 radical (unpaired) electrons. The van der Waals surface area contributed by atoms with Gasteiger partial charge in [-0.05, 0) is 30.7 Å². The molecule has 5 heteroatoms. The number of imidazole rings is 1. The molecule has 3 rings (SSSR count). The standard InChI is InChI=1S/C18H19N3O2/c1-12-4-6-13(7-5-12)10-17(22)19-14-8-9-15-16(11-14)21(3)18(23)20(15)2/h4-9,11H,10H2,1-3H3,(H,19,22). The monoisotopic (exact) mass is 309 g/mol. The lowest BCUT2D eigenvalue weighted by molar-refractivity contribution is -0.115. The maximum Gasteiger partial charge on any atom is 0.328 e. The van der Waals surface area contributed by atoms with Crippen LogP contribution in [-0.2, 0) is 25.3 Å². The fraction of sp³-hybridized carbons (Fsp3) is 0.222. The van der Waals surface area contributed by atoms with Gasteiger partial charge >= 0.3 is 5.69 Å². The number of aryl methyl sites for hydroxylation is 3. The van der Waals surface area contributed by atoms with Gasteiger partial charge in [-0.25, -0.2) is 4.79 Å². The third kappa shape index (κ3) is 2.90. The summed E-state index contributed by atoms with van der Waals surface area (Å²) in [6, 6.07) is 13.4. The van der Waals surface area contributed by atoms with Crippen LogP contribution in [0.3, 0.4) is 0 Å². The Kier molecular flexibility index (Phi) is 3.78. The van der Waals surface area contributed by atoms with Gasteiger partial charge in [0, 0.05) is 19.8 Å². The summed E-state index contributed by atoms with van der Waals surface area (Å²) in [5.41, 5.74) is 4.39. The number of carbonyl (C=O) groups excluding carboxylic acids is 1. The van der Waals surface area contributed by atoms with Gasteiger partial charge in [-0.15, -0.1) is 0 Å². The molecule has 0 atom stereocenters. The number of anilines is 1. The summed E-state index contributed by atoms with van der Waals surface area (Å²) in [6.45, 7) is 2.02. The Bertz CT molecular complexity index is 933. The zero-order valence-electron chi connectivity index (χ0n) is 13.5. The molecule has 0 bridgehead atoms. The van der Waals surface area contributed by atoms with Crippen LogP contribution in [0.1, 0.15) is 11.1 Å². The van der Waals surface area contributed by atoms with Gasteiger partial charge in [-0.3, -0.25) is 13.9 Å². The Morgan fingerprint density at radius 3 is 2.35 bits per heavy atom. The highest BCUT2D eigenvalue weighted by Gasteiger charge is 2.10. The quantitative estimate of drug-likeness (QED) is 0.807. The molecule has 1 N–H and O–H groups in total. The van der Waals surface area contributed by atoms with Crippen molar-refractivity contribution in [3.63, 3.8) is 0 Å². The van der Waals surface area contributed by atoms with Gasteiger partial charge in [-0.1, -0.05) is 29.8 Å². The van der Waals surface area contributed by atoms with E-state index in [2.05, 4.69) is 5.32 Å². The van der Waals surface area contributed by atoms with E-state index < -0.39 is 0 Å². The van der Waals surface area contributed by atoms with Crippen molar-refractivity contribution in [3.8, 4) is 0 Å². The highest BCUT2D eigenvalue weighted by Crippen LogP contribution is 2.18. The minimum absolute atomic E-state index is 0.0749. The van der Waals surface area contributed by atoms with Crippen molar-refractivity contribution < 1.29 is 4.79 Å². The lowest BCUT2D eigenvalue weighted by atomic mass is 10.1. The molecule has 118 valence electrons. The molecule has 23 heavy (non-hydrogen) atoms. The van der Waals surface area contributed by atoms with E-state index in [4.69, 9.17) is 0 Å². The average Bonchev–Trinajstić information content (AvgIpc) is 2.74. The maximum absolute atomic E-state index is 12.2. The Morgan fingerprint density at radius 1 is 1.00 bits per heavy atom. The number of hydrogen-bond acceptors (Lipinski definition) is 2. The first kappa shape index (κ1) is 15.1. The fourth-order valence-corrected chi connectivity index (χ4v) is 2.68. The SMILES string of the molecule is Cc1ccc(CC(=O)Nc2ccc3c(c2)n(C)c(=O)n3C)cc1. The third-order valence-corrected chi connectivity index (χ3v) is 4.04. The normalized spacial score (nSPS) is 10.9. The fourth-order valence-electron chi connectivity index (χ4n) is 2.68. The van der Waals surface area contributed by atoms with Crippen molar-refractivity contribution in [1.29, 1.82) is 0 Å². The molecule has 0 saturated heterocycles. The zero-order valence-corrected chi connectivity index (χ0v) is 13.5. The van der Waals surface area contributed by atoms with Gasteiger partial charge in [0.05, 0.1) is 17.5 Å². The lowest BCUT2D eigenvalue weighted by Crippen LogP contribution is -2.19. The minimum atomic E-state index is -0.0804. The summed E-state index contributed by atoms with van der Waals surface area (Å²) in [5, 5.41) is 2.89. The van der Waals surface area contributed by atoms with Crippen LogP contribution in [-0.4, -0.2) is 15.0 Å². The predicted octanol–water partition coefficient (Wildman–Crippen LogP) is 2.37. The van der Waals surface area contributed by atoms with E-state index in [9.17, 15) is 9.59 Å². The zero-order chi connectivity index (χ0) is 16.6. The molecule has 0 saturated carbocycles. The van der Waals surface area contributed by atoms with Crippen molar-refractivity contribution in [2.75, 3.05) is 5.32 Å². The predicted molar refractivity (Wildman–Crippen MR) is 91.7 cm³/mol. The molecule has 0 unspecified atom stereocenters. The number of amides is 1. The molecular formula is C18H19N3O2. The Morgan fingerprint density at radius 2 is 1.65 bits per heavy atom. The van der Waals surface area contributed by atoms with Crippen molar-refractivity contribution in [2.24, 2.45) is 14.1 Å². The first-order valence-electron chi connectivity index (χ1n) is 7.46. The molecular weight excluding hydrogens is 290 g/mol. The van der Waals surface area contributed by atoms with Gasteiger partial charge in [0.1, 0.15) is 0 Å². The number of benzene rings is 2. The Balaban J connectivity index is 1.81. The molecule has 0 aliphatic carbocycles. The van der Waals surface area contributed by atoms with Crippen LogP contribution in [0.5, 0.6) is 0 Å². The van der Waals surface area contributed by atoms with E-state index in [0.717, 1.165) is 16.6 Å². The third-order valence-electron chi connectivity index (χ3n) is 4.04. The number of hydrogen-bond donors (Lipinski definition) is 1. The second kappa shape index (κ2) is 5.76. The molecule has 1 heterocycles. The largest absolute Gasteiger partial charge is 0.328 e. The summed E-state index contributed by atoms with van der Waals surface area (Å²) in [5.74, 6) is -0.0749. The van der Waals surface area contributed by atoms with E-state index in [0.29, 0.717) is 12.1 Å². The molecule has 0 aliphatic rings. The number of aromatic nitrogens is 2. The Labute approximate surface area is 134 Å². The number of nitrogens with one attached hydrogen (secondary N) is 1. The lowest BCUT2D eigenvalue weighted by Gasteiger charge is -2.06. The van der Waals surface area contributed by atoms with Crippen LogP contribution in [0.4, 0.5) is 5.69 Å². The van der Waals surface area contributed by atoms with E-state index in [1.54, 1.807) is 23.2 Å². The van der Waals surface area contributed by atoms with Gasteiger partial charge in [0.2, 0.25) is 5.91 Å². The molecule has 5 nitrogen and oxygen atoms in total. The smallest absolute Gasteiger partial charge is 0.326 e. The topological polar surface area (TPSA) is 56.0 Å². The van der Waals surface area contributed by atoms with Gasteiger partial charge in [0.25, 0.3) is 0 Å². The number of carbonyl (C=O) groups is 1. The molecule has 1 amide bonds. The molecule has 3 aromatic rings. The van der Waals surface area contributed by atoms with Gasteiger partial charge < -0.3 is 5.32 Å². The highest BCUT2D eigenvalue weighted by atomic mass is 16.2. The number of fused-ring (bicyclic) bond motifs is 1. The minimum Gasteiger partial charge on any atom is -0.326 e. The van der Waals surface area contributed by atoms with Crippen LogP contribution >= 0.6 is 0 Å². The van der Waals surface area contributed by atoms with Crippen molar-refractivity contribution in [2.45, 2.75) is 13.3 Å². The van der Waals surface area contributed by atoms with Crippen molar-refractivity contribution in [1.82, 2.24) is 9.13 Å². The van der Waals surface area contributed by atoms with Crippen LogP contribution in [0.25, 0.3) is 11.0 Å². The molecule has 1 aromatic heterocycles. The van der Waals surface area contributed by atoms with Crippen LogP contribution in [0.15, 0.2) is 47.3 Å². The van der Waals surface area contributed by atoms with E-state index in [1.165, 1.54) is 5.56 Å². The van der Waals surface area contributed by atoms with Crippen molar-refractivity contribution >= 4 is 22.6 Å². The first-order chi connectivity index (χ1) is 11.0. The summed E-state index contributed by atoms with van der Waals surface area (Å²) in [7, 11) is 3.46. The second-order valence-electron chi connectivity index (χ2n) is 5.81. The maximum atomic E-state index is 12.2. The Hall–Kier alpha value is -2.82. The number of nitrogens with zero attached hydrogens (tertiary/aromatic N) is 2.